The Balaban J connectivity index is 1.78. The van der Waals surface area contributed by atoms with Gasteiger partial charge in [0.15, 0.2) is 0 Å². The molecule has 1 fully saturated rings. The van der Waals surface area contributed by atoms with Crippen molar-refractivity contribution in [2.24, 2.45) is 0 Å². The lowest BCUT2D eigenvalue weighted by molar-refractivity contribution is -0.126. The summed E-state index contributed by atoms with van der Waals surface area (Å²) >= 11 is 0. The van der Waals surface area contributed by atoms with E-state index in [9.17, 15) is 9.59 Å². The average Bonchev–Trinajstić information content (AvgIpc) is 2.56. The number of amides is 2. The first-order valence-corrected chi connectivity index (χ1v) is 8.17. The second kappa shape index (κ2) is 9.24. The minimum absolute atomic E-state index is 0.191. The number of carbonyl (C=O) groups excluding carboxylic acids is 2. The topological polar surface area (TPSA) is 73.9 Å². The van der Waals surface area contributed by atoms with Crippen molar-refractivity contribution in [3.8, 4) is 0 Å². The van der Waals surface area contributed by atoms with Crippen LogP contribution in [-0.4, -0.2) is 70.2 Å². The van der Waals surface area contributed by atoms with Gasteiger partial charge >= 0.3 is 0 Å². The number of carbonyl (C=O) groups is 2. The number of nitrogens with one attached hydrogen (secondary N) is 2. The van der Waals surface area contributed by atoms with Crippen LogP contribution in [0.1, 0.15) is 6.42 Å². The molecule has 0 aromatic heterocycles. The molecule has 1 aliphatic heterocycles. The lowest BCUT2D eigenvalue weighted by atomic mass is 10.2. The van der Waals surface area contributed by atoms with E-state index in [1.54, 1.807) is 7.11 Å². The van der Waals surface area contributed by atoms with E-state index in [1.165, 1.54) is 0 Å². The number of anilines is 2. The van der Waals surface area contributed by atoms with Crippen LogP contribution in [0.25, 0.3) is 0 Å². The molecule has 0 bridgehead atoms. The standard InChI is InChI=1S/C17H26N4O3/c1-20-8-10-21(11-9-20)15-5-3-14(4-6-15)19-17(23)13-16(22)18-7-12-24-2/h3-6H,7-13H2,1-2H3,(H,18,22)(H,19,23). The number of benzene rings is 1. The van der Waals surface area contributed by atoms with Gasteiger partial charge in [0.25, 0.3) is 0 Å². The zero-order chi connectivity index (χ0) is 17.4. The molecule has 2 rings (SSSR count). The van der Waals surface area contributed by atoms with Crippen LogP contribution >= 0.6 is 0 Å². The summed E-state index contributed by atoms with van der Waals surface area (Å²) in [5.41, 5.74) is 1.85. The fourth-order valence-corrected chi connectivity index (χ4v) is 2.53. The molecule has 2 N–H and O–H groups in total. The molecule has 0 spiro atoms. The molecule has 1 aromatic rings. The molecule has 1 aliphatic rings. The molecule has 24 heavy (non-hydrogen) atoms. The van der Waals surface area contributed by atoms with E-state index in [0.29, 0.717) is 18.8 Å². The van der Waals surface area contributed by atoms with Crippen LogP contribution in [0.2, 0.25) is 0 Å². The van der Waals surface area contributed by atoms with Crippen LogP contribution in [0.15, 0.2) is 24.3 Å². The summed E-state index contributed by atoms with van der Waals surface area (Å²) in [4.78, 5) is 28.1. The molecular formula is C17H26N4O3. The van der Waals surface area contributed by atoms with Gasteiger partial charge in [0.1, 0.15) is 6.42 Å². The molecule has 0 unspecified atom stereocenters. The van der Waals surface area contributed by atoms with Crippen LogP contribution in [0.4, 0.5) is 11.4 Å². The summed E-state index contributed by atoms with van der Waals surface area (Å²) < 4.78 is 4.84. The third-order valence-corrected chi connectivity index (χ3v) is 3.97. The van der Waals surface area contributed by atoms with Crippen LogP contribution < -0.4 is 15.5 Å². The van der Waals surface area contributed by atoms with E-state index in [2.05, 4.69) is 27.5 Å². The fraction of sp³-hybridized carbons (Fsp3) is 0.529. The fourth-order valence-electron chi connectivity index (χ4n) is 2.53. The number of likely N-dealkylation sites (N-methyl/N-ethyl adjacent to an activating group) is 1. The molecule has 7 heteroatoms. The second-order valence-electron chi connectivity index (χ2n) is 5.90. The van der Waals surface area contributed by atoms with Gasteiger partial charge in [-0.05, 0) is 31.3 Å². The van der Waals surface area contributed by atoms with Gasteiger partial charge in [-0.25, -0.2) is 0 Å². The van der Waals surface area contributed by atoms with E-state index in [-0.39, 0.29) is 18.2 Å². The van der Waals surface area contributed by atoms with Crippen molar-refractivity contribution in [1.29, 1.82) is 0 Å². The molecule has 1 saturated heterocycles. The van der Waals surface area contributed by atoms with E-state index < -0.39 is 0 Å². The SMILES string of the molecule is COCCNC(=O)CC(=O)Nc1ccc(N2CCN(C)CC2)cc1. The monoisotopic (exact) mass is 334 g/mol. The quantitative estimate of drug-likeness (QED) is 0.562. The van der Waals surface area contributed by atoms with Crippen molar-refractivity contribution in [2.75, 3.05) is 63.7 Å². The maximum absolute atomic E-state index is 11.9. The minimum atomic E-state index is -0.322. The number of piperazine rings is 1. The van der Waals surface area contributed by atoms with E-state index in [0.717, 1.165) is 31.9 Å². The molecule has 7 nitrogen and oxygen atoms in total. The molecule has 132 valence electrons. The summed E-state index contributed by atoms with van der Waals surface area (Å²) in [6.07, 6.45) is -0.191. The summed E-state index contributed by atoms with van der Waals surface area (Å²) in [7, 11) is 3.69. The molecule has 1 heterocycles. The lowest BCUT2D eigenvalue weighted by Crippen LogP contribution is -2.44. The first kappa shape index (κ1) is 18.2. The van der Waals surface area contributed by atoms with Crippen molar-refractivity contribution in [3.63, 3.8) is 0 Å². The van der Waals surface area contributed by atoms with Gasteiger partial charge in [0.05, 0.1) is 6.61 Å². The summed E-state index contributed by atoms with van der Waals surface area (Å²) in [5.74, 6) is -0.629. The Labute approximate surface area is 142 Å². The first-order valence-electron chi connectivity index (χ1n) is 8.17. The van der Waals surface area contributed by atoms with Crippen LogP contribution in [0.3, 0.4) is 0 Å². The maximum atomic E-state index is 11.9. The summed E-state index contributed by atoms with van der Waals surface area (Å²) in [5, 5.41) is 5.36. The normalized spacial score (nSPS) is 15.2. The Morgan fingerprint density at radius 3 is 2.38 bits per heavy atom. The van der Waals surface area contributed by atoms with Crippen LogP contribution in [-0.2, 0) is 14.3 Å². The molecule has 0 saturated carbocycles. The lowest BCUT2D eigenvalue weighted by Gasteiger charge is -2.34. The van der Waals surface area contributed by atoms with Crippen molar-refractivity contribution in [1.82, 2.24) is 10.2 Å². The molecular weight excluding hydrogens is 308 g/mol. The number of ether oxygens (including phenoxy) is 1. The summed E-state index contributed by atoms with van der Waals surface area (Å²) in [6.45, 7) is 4.95. The zero-order valence-corrected chi connectivity index (χ0v) is 14.4. The van der Waals surface area contributed by atoms with E-state index >= 15 is 0 Å². The Hall–Kier alpha value is -2.12. The van der Waals surface area contributed by atoms with Crippen LogP contribution in [0, 0.1) is 0 Å². The largest absolute Gasteiger partial charge is 0.383 e. The van der Waals surface area contributed by atoms with Crippen molar-refractivity contribution in [3.05, 3.63) is 24.3 Å². The van der Waals surface area contributed by atoms with Gasteiger partial charge in [-0.2, -0.15) is 0 Å². The third-order valence-electron chi connectivity index (χ3n) is 3.97. The highest BCUT2D eigenvalue weighted by molar-refractivity contribution is 6.03. The number of rotatable bonds is 7. The molecule has 0 aliphatic carbocycles. The van der Waals surface area contributed by atoms with Gasteiger partial charge in [-0.15, -0.1) is 0 Å². The Kier molecular flexibility index (Phi) is 7.02. The number of hydrogen-bond acceptors (Lipinski definition) is 5. The van der Waals surface area contributed by atoms with E-state index in [4.69, 9.17) is 4.74 Å². The first-order chi connectivity index (χ1) is 11.6. The van der Waals surface area contributed by atoms with Crippen LogP contribution in [0.5, 0.6) is 0 Å². The number of hydrogen-bond donors (Lipinski definition) is 2. The smallest absolute Gasteiger partial charge is 0.233 e. The maximum Gasteiger partial charge on any atom is 0.233 e. The second-order valence-corrected chi connectivity index (χ2v) is 5.90. The number of nitrogens with zero attached hydrogens (tertiary/aromatic N) is 2. The van der Waals surface area contributed by atoms with Gasteiger partial charge < -0.3 is 25.2 Å². The Bertz CT molecular complexity index is 539. The van der Waals surface area contributed by atoms with Crippen molar-refractivity contribution in [2.45, 2.75) is 6.42 Å². The number of methoxy groups -OCH3 is 1. The summed E-state index contributed by atoms with van der Waals surface area (Å²) in [6, 6.07) is 7.74. The van der Waals surface area contributed by atoms with Gasteiger partial charge in [-0.1, -0.05) is 0 Å². The predicted octanol–water partition coefficient (Wildman–Crippen LogP) is 0.530. The Morgan fingerprint density at radius 1 is 1.08 bits per heavy atom. The molecule has 1 aromatic carbocycles. The van der Waals surface area contributed by atoms with Gasteiger partial charge in [-0.3, -0.25) is 9.59 Å². The van der Waals surface area contributed by atoms with Crippen molar-refractivity contribution < 1.29 is 14.3 Å². The molecule has 0 atom stereocenters. The molecule has 2 amide bonds. The highest BCUT2D eigenvalue weighted by Gasteiger charge is 2.14. The third kappa shape index (κ3) is 5.82. The van der Waals surface area contributed by atoms with Gasteiger partial charge in [0.2, 0.25) is 11.8 Å². The predicted molar refractivity (Wildman–Crippen MR) is 94.3 cm³/mol. The average molecular weight is 334 g/mol. The highest BCUT2D eigenvalue weighted by atomic mass is 16.5. The Morgan fingerprint density at radius 2 is 1.75 bits per heavy atom. The van der Waals surface area contributed by atoms with Gasteiger partial charge in [0, 0.05) is 51.2 Å². The molecule has 0 radical (unpaired) electrons. The highest BCUT2D eigenvalue weighted by Crippen LogP contribution is 2.19. The van der Waals surface area contributed by atoms with E-state index in [1.807, 2.05) is 24.3 Å². The zero-order valence-electron chi connectivity index (χ0n) is 14.4. The minimum Gasteiger partial charge on any atom is -0.383 e. The van der Waals surface area contributed by atoms with Crippen molar-refractivity contribution >= 4 is 23.2 Å².